The van der Waals surface area contributed by atoms with E-state index in [1.54, 1.807) is 0 Å². The molecule has 1 fully saturated rings. The Balaban J connectivity index is 1.66. The van der Waals surface area contributed by atoms with E-state index in [-0.39, 0.29) is 29.7 Å². The number of hydrogen-bond acceptors (Lipinski definition) is 5. The molecule has 0 spiro atoms. The molecule has 2 amide bonds. The van der Waals surface area contributed by atoms with E-state index < -0.39 is 29.1 Å². The standard InChI is InChI=1S/C21H28F2N6O2/c1-21(2,3)18(24)20(31)29-7-5-6-15(29)19(30)26-10-12-8-13(22)16(25-9-12)17-14(23)11-27-28(17)4/h8-9,11,15,18H,5-7,10,24H2,1-4H3,(H,26,30). The molecular formula is C21H28F2N6O2. The van der Waals surface area contributed by atoms with E-state index in [9.17, 15) is 18.4 Å². The van der Waals surface area contributed by atoms with Crippen molar-refractivity contribution in [3.63, 3.8) is 0 Å². The molecule has 0 saturated carbocycles. The Labute approximate surface area is 179 Å². The summed E-state index contributed by atoms with van der Waals surface area (Å²) in [5, 5.41) is 6.48. The smallest absolute Gasteiger partial charge is 0.243 e. The molecule has 1 saturated heterocycles. The van der Waals surface area contributed by atoms with Crippen LogP contribution in [-0.4, -0.2) is 50.1 Å². The number of rotatable bonds is 5. The van der Waals surface area contributed by atoms with Gasteiger partial charge in [-0.2, -0.15) is 5.10 Å². The summed E-state index contributed by atoms with van der Waals surface area (Å²) in [7, 11) is 1.49. The van der Waals surface area contributed by atoms with Gasteiger partial charge in [0.15, 0.2) is 11.6 Å². The molecule has 2 aromatic rings. The predicted molar refractivity (Wildman–Crippen MR) is 110 cm³/mol. The molecule has 3 heterocycles. The Morgan fingerprint density at radius 1 is 1.29 bits per heavy atom. The molecule has 0 aromatic carbocycles. The van der Waals surface area contributed by atoms with E-state index in [1.165, 1.54) is 28.9 Å². The first kappa shape index (κ1) is 22.8. The summed E-state index contributed by atoms with van der Waals surface area (Å²) in [5.41, 5.74) is 5.88. The molecule has 3 rings (SSSR count). The van der Waals surface area contributed by atoms with E-state index in [4.69, 9.17) is 5.73 Å². The van der Waals surface area contributed by atoms with Gasteiger partial charge < -0.3 is 16.0 Å². The largest absolute Gasteiger partial charge is 0.350 e. The lowest BCUT2D eigenvalue weighted by Gasteiger charge is -2.32. The second-order valence-corrected chi connectivity index (χ2v) is 8.89. The Morgan fingerprint density at radius 2 is 2.00 bits per heavy atom. The average Bonchev–Trinajstić information content (AvgIpc) is 3.32. The van der Waals surface area contributed by atoms with Crippen molar-refractivity contribution < 1.29 is 18.4 Å². The number of carbonyl (C=O) groups is 2. The maximum atomic E-state index is 14.5. The molecule has 10 heteroatoms. The predicted octanol–water partition coefficient (Wildman–Crippen LogP) is 1.74. The summed E-state index contributed by atoms with van der Waals surface area (Å²) in [6.45, 7) is 6.14. The van der Waals surface area contributed by atoms with Crippen molar-refractivity contribution >= 4 is 11.8 Å². The maximum absolute atomic E-state index is 14.5. The molecule has 8 nitrogen and oxygen atoms in total. The summed E-state index contributed by atoms with van der Waals surface area (Å²) in [5.74, 6) is -1.97. The zero-order valence-electron chi connectivity index (χ0n) is 18.2. The van der Waals surface area contributed by atoms with Crippen molar-refractivity contribution in [3.8, 4) is 11.4 Å². The summed E-state index contributed by atoms with van der Waals surface area (Å²) < 4.78 is 29.6. The van der Waals surface area contributed by atoms with E-state index in [0.29, 0.717) is 24.9 Å². The summed E-state index contributed by atoms with van der Waals surface area (Å²) in [6, 6.07) is -0.122. The highest BCUT2D eigenvalue weighted by Gasteiger charge is 2.39. The van der Waals surface area contributed by atoms with Crippen LogP contribution in [0.15, 0.2) is 18.5 Å². The fraction of sp³-hybridized carbons (Fsp3) is 0.524. The molecule has 2 aromatic heterocycles. The van der Waals surface area contributed by atoms with Crippen LogP contribution >= 0.6 is 0 Å². The van der Waals surface area contributed by atoms with E-state index in [1.807, 2.05) is 20.8 Å². The summed E-state index contributed by atoms with van der Waals surface area (Å²) in [4.78, 5) is 31.0. The number of halogens is 2. The molecule has 2 unspecified atom stereocenters. The van der Waals surface area contributed by atoms with Gasteiger partial charge in [0.2, 0.25) is 11.8 Å². The molecule has 0 aliphatic carbocycles. The fourth-order valence-corrected chi connectivity index (χ4v) is 3.58. The number of carbonyl (C=O) groups excluding carboxylic acids is 2. The van der Waals surface area contributed by atoms with Crippen LogP contribution in [0.4, 0.5) is 8.78 Å². The number of hydrogen-bond donors (Lipinski definition) is 2. The zero-order valence-corrected chi connectivity index (χ0v) is 18.2. The lowest BCUT2D eigenvalue weighted by atomic mass is 9.86. The number of aromatic nitrogens is 3. The van der Waals surface area contributed by atoms with Crippen LogP contribution in [0.3, 0.4) is 0 Å². The minimum Gasteiger partial charge on any atom is -0.350 e. The van der Waals surface area contributed by atoms with Crippen LogP contribution in [0.25, 0.3) is 11.4 Å². The van der Waals surface area contributed by atoms with Gasteiger partial charge in [-0.05, 0) is 29.9 Å². The van der Waals surface area contributed by atoms with Gasteiger partial charge in [0.1, 0.15) is 17.4 Å². The second-order valence-electron chi connectivity index (χ2n) is 8.89. The van der Waals surface area contributed by atoms with Crippen molar-refractivity contribution in [1.29, 1.82) is 0 Å². The number of nitrogens with zero attached hydrogens (tertiary/aromatic N) is 4. The van der Waals surface area contributed by atoms with Crippen LogP contribution in [0.2, 0.25) is 0 Å². The minimum atomic E-state index is -0.719. The molecule has 168 valence electrons. The van der Waals surface area contributed by atoms with Gasteiger partial charge in [-0.3, -0.25) is 19.3 Å². The molecule has 1 aliphatic heterocycles. The van der Waals surface area contributed by atoms with Crippen LogP contribution in [-0.2, 0) is 23.2 Å². The summed E-state index contributed by atoms with van der Waals surface area (Å²) >= 11 is 0. The molecule has 0 radical (unpaired) electrons. The van der Waals surface area contributed by atoms with Crippen molar-refractivity contribution in [3.05, 3.63) is 35.7 Å². The molecule has 2 atom stereocenters. The van der Waals surface area contributed by atoms with Gasteiger partial charge in [-0.15, -0.1) is 0 Å². The number of aryl methyl sites for hydroxylation is 1. The lowest BCUT2D eigenvalue weighted by Crippen LogP contribution is -2.54. The van der Waals surface area contributed by atoms with Crippen LogP contribution in [0, 0.1) is 17.0 Å². The number of nitrogens with one attached hydrogen (secondary N) is 1. The third kappa shape index (κ3) is 4.73. The number of pyridine rings is 1. The van der Waals surface area contributed by atoms with Crippen LogP contribution in [0.5, 0.6) is 0 Å². The Hall–Kier alpha value is -2.88. The Bertz CT molecular complexity index is 965. The van der Waals surface area contributed by atoms with E-state index >= 15 is 0 Å². The highest BCUT2D eigenvalue weighted by atomic mass is 19.1. The second kappa shape index (κ2) is 8.70. The zero-order chi connectivity index (χ0) is 22.9. The molecule has 3 N–H and O–H groups in total. The quantitative estimate of drug-likeness (QED) is 0.746. The van der Waals surface area contributed by atoms with Crippen molar-refractivity contribution in [2.75, 3.05) is 6.54 Å². The fourth-order valence-electron chi connectivity index (χ4n) is 3.58. The molecular weight excluding hydrogens is 406 g/mol. The first-order chi connectivity index (χ1) is 14.5. The highest BCUT2D eigenvalue weighted by Crippen LogP contribution is 2.25. The Kier molecular flexibility index (Phi) is 6.40. The van der Waals surface area contributed by atoms with Gasteiger partial charge >= 0.3 is 0 Å². The minimum absolute atomic E-state index is 0.0285. The molecule has 0 bridgehead atoms. The first-order valence-corrected chi connectivity index (χ1v) is 10.2. The average molecular weight is 434 g/mol. The summed E-state index contributed by atoms with van der Waals surface area (Å²) in [6.07, 6.45) is 3.62. The van der Waals surface area contributed by atoms with Gasteiger partial charge in [0, 0.05) is 26.3 Å². The maximum Gasteiger partial charge on any atom is 0.243 e. The van der Waals surface area contributed by atoms with E-state index in [0.717, 1.165) is 6.20 Å². The van der Waals surface area contributed by atoms with Crippen molar-refractivity contribution in [1.82, 2.24) is 25.0 Å². The van der Waals surface area contributed by atoms with E-state index in [2.05, 4.69) is 15.4 Å². The van der Waals surface area contributed by atoms with Crippen molar-refractivity contribution in [2.45, 2.75) is 52.2 Å². The highest BCUT2D eigenvalue weighted by molar-refractivity contribution is 5.90. The normalized spacial score (nSPS) is 17.6. The third-order valence-corrected chi connectivity index (χ3v) is 5.52. The SMILES string of the molecule is Cn1ncc(F)c1-c1ncc(CNC(=O)C2CCCN2C(=O)C(N)C(C)(C)C)cc1F. The van der Waals surface area contributed by atoms with Crippen molar-refractivity contribution in [2.24, 2.45) is 18.2 Å². The van der Waals surface area contributed by atoms with Crippen LogP contribution < -0.4 is 11.1 Å². The van der Waals surface area contributed by atoms with Gasteiger partial charge in [0.25, 0.3) is 0 Å². The monoisotopic (exact) mass is 434 g/mol. The number of likely N-dealkylation sites (tertiary alicyclic amines) is 1. The third-order valence-electron chi connectivity index (χ3n) is 5.52. The number of nitrogens with two attached hydrogens (primary N) is 1. The topological polar surface area (TPSA) is 106 Å². The van der Waals surface area contributed by atoms with Crippen LogP contribution in [0.1, 0.15) is 39.2 Å². The first-order valence-electron chi connectivity index (χ1n) is 10.2. The van der Waals surface area contributed by atoms with Gasteiger partial charge in [-0.1, -0.05) is 20.8 Å². The molecule has 1 aliphatic rings. The molecule has 31 heavy (non-hydrogen) atoms. The van der Waals surface area contributed by atoms with Gasteiger partial charge in [-0.25, -0.2) is 8.78 Å². The Morgan fingerprint density at radius 3 is 2.58 bits per heavy atom. The van der Waals surface area contributed by atoms with Gasteiger partial charge in [0.05, 0.1) is 12.2 Å². The number of amides is 2. The lowest BCUT2D eigenvalue weighted by molar-refractivity contribution is -0.141.